The van der Waals surface area contributed by atoms with E-state index in [0.29, 0.717) is 19.0 Å². The van der Waals surface area contributed by atoms with E-state index in [1.54, 1.807) is 35.5 Å². The summed E-state index contributed by atoms with van der Waals surface area (Å²) in [5.74, 6) is 4.29. The predicted octanol–water partition coefficient (Wildman–Crippen LogP) is 4.33. The van der Waals surface area contributed by atoms with Gasteiger partial charge in [-0.05, 0) is 30.3 Å². The second-order valence-corrected chi connectivity index (χ2v) is 6.75. The van der Waals surface area contributed by atoms with Gasteiger partial charge in [-0.25, -0.2) is 0 Å². The minimum absolute atomic E-state index is 0.547. The Labute approximate surface area is 183 Å². The summed E-state index contributed by atoms with van der Waals surface area (Å²) in [4.78, 5) is 6.77. The van der Waals surface area contributed by atoms with Crippen LogP contribution in [0, 0.1) is 0 Å². The van der Waals surface area contributed by atoms with Crippen LogP contribution in [0.4, 0.5) is 5.82 Å². The summed E-state index contributed by atoms with van der Waals surface area (Å²) in [5, 5.41) is 0. The van der Waals surface area contributed by atoms with Crippen LogP contribution in [-0.2, 0) is 13.1 Å². The van der Waals surface area contributed by atoms with Gasteiger partial charge < -0.3 is 28.6 Å². The van der Waals surface area contributed by atoms with Crippen molar-refractivity contribution in [2.45, 2.75) is 13.1 Å². The molecule has 0 spiro atoms. The Kier molecular flexibility index (Phi) is 7.43. The molecule has 0 bridgehead atoms. The molecule has 0 atom stereocenters. The zero-order valence-electron chi connectivity index (χ0n) is 18.5. The van der Waals surface area contributed by atoms with Gasteiger partial charge in [-0.15, -0.1) is 0 Å². The molecule has 3 aromatic rings. The molecule has 1 aromatic heterocycles. The van der Waals surface area contributed by atoms with E-state index in [1.807, 2.05) is 54.6 Å². The molecule has 0 amide bonds. The molecular weight excluding hydrogens is 396 g/mol. The van der Waals surface area contributed by atoms with Gasteiger partial charge in [0, 0.05) is 42.4 Å². The first-order valence-corrected chi connectivity index (χ1v) is 9.79. The predicted molar refractivity (Wildman–Crippen MR) is 120 cm³/mol. The molecule has 0 unspecified atom stereocenters. The highest BCUT2D eigenvalue weighted by Crippen LogP contribution is 2.31. The number of rotatable bonds is 10. The zero-order chi connectivity index (χ0) is 22.2. The number of nitrogens with zero attached hydrogens (tertiary/aromatic N) is 2. The van der Waals surface area contributed by atoms with Gasteiger partial charge in [0.15, 0.2) is 0 Å². The maximum absolute atomic E-state index is 5.60. The molecule has 3 rings (SSSR count). The summed E-state index contributed by atoms with van der Waals surface area (Å²) in [6.45, 7) is 1.12. The third kappa shape index (κ3) is 5.31. The highest BCUT2D eigenvalue weighted by molar-refractivity contribution is 5.49. The topological polar surface area (TPSA) is 62.3 Å². The Hall–Kier alpha value is -3.61. The average Bonchev–Trinajstić information content (AvgIpc) is 2.83. The number of methoxy groups -OCH3 is 5. The average molecular weight is 424 g/mol. The first-order chi connectivity index (χ1) is 15.1. The lowest BCUT2D eigenvalue weighted by atomic mass is 10.1. The molecule has 7 nitrogen and oxygen atoms in total. The van der Waals surface area contributed by atoms with E-state index in [9.17, 15) is 0 Å². The van der Waals surface area contributed by atoms with Crippen molar-refractivity contribution in [1.82, 2.24) is 4.98 Å². The fraction of sp³-hybridized carbons (Fsp3) is 0.292. The van der Waals surface area contributed by atoms with Gasteiger partial charge in [0.05, 0.1) is 35.5 Å². The smallest absolute Gasteiger partial charge is 0.214 e. The highest BCUT2D eigenvalue weighted by atomic mass is 16.5. The lowest BCUT2D eigenvalue weighted by molar-refractivity contribution is 0.388. The van der Waals surface area contributed by atoms with Crippen LogP contribution in [0.2, 0.25) is 0 Å². The van der Waals surface area contributed by atoms with Crippen LogP contribution in [0.25, 0.3) is 0 Å². The van der Waals surface area contributed by atoms with Crippen LogP contribution in [0.15, 0.2) is 54.6 Å². The number of pyridine rings is 1. The molecule has 0 saturated heterocycles. The maximum atomic E-state index is 5.60. The van der Waals surface area contributed by atoms with Crippen LogP contribution in [0.3, 0.4) is 0 Å². The second kappa shape index (κ2) is 10.4. The minimum atomic E-state index is 0.547. The number of anilines is 1. The molecule has 0 radical (unpaired) electrons. The molecule has 0 N–H and O–H groups in total. The van der Waals surface area contributed by atoms with Crippen LogP contribution < -0.4 is 28.6 Å². The fourth-order valence-electron chi connectivity index (χ4n) is 3.29. The molecule has 0 aliphatic heterocycles. The van der Waals surface area contributed by atoms with Crippen molar-refractivity contribution in [2.24, 2.45) is 0 Å². The van der Waals surface area contributed by atoms with Crippen molar-refractivity contribution in [1.29, 1.82) is 0 Å². The lowest BCUT2D eigenvalue weighted by Gasteiger charge is -2.26. The Balaban J connectivity index is 2.00. The van der Waals surface area contributed by atoms with Gasteiger partial charge in [0.25, 0.3) is 0 Å². The van der Waals surface area contributed by atoms with Crippen molar-refractivity contribution in [2.75, 3.05) is 40.4 Å². The third-order valence-electron chi connectivity index (χ3n) is 4.95. The van der Waals surface area contributed by atoms with E-state index in [-0.39, 0.29) is 0 Å². The van der Waals surface area contributed by atoms with Gasteiger partial charge in [0.2, 0.25) is 5.88 Å². The van der Waals surface area contributed by atoms with E-state index in [4.69, 9.17) is 23.7 Å². The van der Waals surface area contributed by atoms with Crippen molar-refractivity contribution in [3.63, 3.8) is 0 Å². The van der Waals surface area contributed by atoms with Gasteiger partial charge in [-0.1, -0.05) is 6.07 Å². The van der Waals surface area contributed by atoms with Crippen molar-refractivity contribution < 1.29 is 23.7 Å². The Bertz CT molecular complexity index is 952. The standard InChI is InChI=1S/C24H28N2O5/c1-27-19-11-9-17(21(13-19)29-3)15-26(23-7-6-8-24(25-23)31-5)16-18-10-12-20(28-2)14-22(18)30-4/h6-14H,15-16H2,1-5H3. The summed E-state index contributed by atoms with van der Waals surface area (Å²) in [6, 6.07) is 17.3. The highest BCUT2D eigenvalue weighted by Gasteiger charge is 2.17. The minimum Gasteiger partial charge on any atom is -0.497 e. The number of ether oxygens (including phenoxy) is 5. The molecular formula is C24H28N2O5. The molecule has 2 aromatic carbocycles. The molecule has 0 fully saturated rings. The van der Waals surface area contributed by atoms with E-state index in [2.05, 4.69) is 9.88 Å². The van der Waals surface area contributed by atoms with Gasteiger partial charge in [0.1, 0.15) is 28.8 Å². The summed E-state index contributed by atoms with van der Waals surface area (Å²) >= 11 is 0. The van der Waals surface area contributed by atoms with Crippen LogP contribution in [-0.4, -0.2) is 40.5 Å². The quantitative estimate of drug-likeness (QED) is 0.480. The number of aromatic nitrogens is 1. The first kappa shape index (κ1) is 22.1. The number of hydrogen-bond acceptors (Lipinski definition) is 7. The van der Waals surface area contributed by atoms with E-state index >= 15 is 0 Å². The SMILES string of the molecule is COc1ccc(CN(Cc2ccc(OC)cc2OC)c2cccc(OC)n2)c(OC)c1. The Morgan fingerprint density at radius 2 is 1.19 bits per heavy atom. The molecule has 164 valence electrons. The van der Waals surface area contributed by atoms with Gasteiger partial charge in [-0.2, -0.15) is 4.98 Å². The fourth-order valence-corrected chi connectivity index (χ4v) is 3.29. The van der Waals surface area contributed by atoms with Crippen LogP contribution >= 0.6 is 0 Å². The van der Waals surface area contributed by atoms with Crippen molar-refractivity contribution >= 4 is 5.82 Å². The van der Waals surface area contributed by atoms with E-state index in [1.165, 1.54) is 0 Å². The molecule has 31 heavy (non-hydrogen) atoms. The molecule has 1 heterocycles. The monoisotopic (exact) mass is 424 g/mol. The van der Waals surface area contributed by atoms with E-state index in [0.717, 1.165) is 39.9 Å². The molecule has 0 aliphatic rings. The summed E-state index contributed by atoms with van der Waals surface area (Å²) in [5.41, 5.74) is 2.00. The number of hydrogen-bond donors (Lipinski definition) is 0. The summed E-state index contributed by atoms with van der Waals surface area (Å²) in [6.07, 6.45) is 0. The second-order valence-electron chi connectivity index (χ2n) is 6.75. The van der Waals surface area contributed by atoms with Gasteiger partial charge in [-0.3, -0.25) is 0 Å². The van der Waals surface area contributed by atoms with E-state index < -0.39 is 0 Å². The summed E-state index contributed by atoms with van der Waals surface area (Å²) < 4.78 is 27.2. The van der Waals surface area contributed by atoms with Crippen LogP contribution in [0.1, 0.15) is 11.1 Å². The van der Waals surface area contributed by atoms with Gasteiger partial charge >= 0.3 is 0 Å². The lowest BCUT2D eigenvalue weighted by Crippen LogP contribution is -2.24. The Morgan fingerprint density at radius 1 is 0.645 bits per heavy atom. The Morgan fingerprint density at radius 3 is 1.65 bits per heavy atom. The first-order valence-electron chi connectivity index (χ1n) is 9.79. The number of benzene rings is 2. The molecule has 0 saturated carbocycles. The van der Waals surface area contributed by atoms with Crippen molar-refractivity contribution in [3.8, 4) is 28.9 Å². The largest absolute Gasteiger partial charge is 0.497 e. The normalized spacial score (nSPS) is 10.4. The van der Waals surface area contributed by atoms with Crippen LogP contribution in [0.5, 0.6) is 28.9 Å². The third-order valence-corrected chi connectivity index (χ3v) is 4.95. The molecule has 0 aliphatic carbocycles. The maximum Gasteiger partial charge on any atom is 0.214 e. The molecule has 7 heteroatoms. The zero-order valence-corrected chi connectivity index (χ0v) is 18.5. The summed E-state index contributed by atoms with van der Waals surface area (Å²) in [7, 11) is 8.18. The van der Waals surface area contributed by atoms with Crippen molar-refractivity contribution in [3.05, 3.63) is 65.7 Å².